The fraction of sp³-hybridized carbons (Fsp3) is 0.250. The Kier molecular flexibility index (Phi) is 3.27. The van der Waals surface area contributed by atoms with Crippen molar-refractivity contribution < 1.29 is 13.9 Å². The third-order valence-corrected chi connectivity index (χ3v) is 2.26. The lowest BCUT2D eigenvalue weighted by Gasteiger charge is -2.14. The van der Waals surface area contributed by atoms with Crippen LogP contribution in [0.3, 0.4) is 0 Å². The van der Waals surface area contributed by atoms with Crippen molar-refractivity contribution in [3.8, 4) is 11.5 Å². The maximum atomic E-state index is 12.9. The molecular weight excluding hydrogens is 223 g/mol. The molecule has 0 aromatic heterocycles. The summed E-state index contributed by atoms with van der Waals surface area (Å²) in [5.41, 5.74) is 1.05. The summed E-state index contributed by atoms with van der Waals surface area (Å²) in [6.45, 7) is 2.22. The van der Waals surface area contributed by atoms with Gasteiger partial charge < -0.3 is 9.47 Å². The molecule has 1 aliphatic rings. The van der Waals surface area contributed by atoms with Crippen LogP contribution in [0.4, 0.5) is 4.39 Å². The van der Waals surface area contributed by atoms with E-state index in [0.29, 0.717) is 11.5 Å². The summed E-state index contributed by atoms with van der Waals surface area (Å²) in [5, 5.41) is 2.40. The minimum Gasteiger partial charge on any atom is -0.493 e. The van der Waals surface area contributed by atoms with Crippen molar-refractivity contribution in [2.45, 2.75) is 6.92 Å². The molecule has 0 spiro atoms. The maximum absolute atomic E-state index is 12.9. The molecule has 1 N–H and O–H groups in total. The van der Waals surface area contributed by atoms with Gasteiger partial charge in [-0.3, -0.25) is 5.32 Å². The van der Waals surface area contributed by atoms with Crippen LogP contribution in [0.1, 0.15) is 5.56 Å². The van der Waals surface area contributed by atoms with Crippen molar-refractivity contribution in [3.63, 3.8) is 0 Å². The molecule has 0 amide bonds. The molecule has 1 aliphatic heterocycles. The second-order valence-corrected chi connectivity index (χ2v) is 3.58. The van der Waals surface area contributed by atoms with Crippen LogP contribution in [0.2, 0.25) is 0 Å². The summed E-state index contributed by atoms with van der Waals surface area (Å²) >= 11 is 0. The number of benzene rings is 1. The summed E-state index contributed by atoms with van der Waals surface area (Å²) in [7, 11) is 1.55. The standard InChI is InChI=1S/C12H13FN2O2/c1-8-3-4-9(10(7-8)16-2)17-12-14-6-5-11(13)15-12/h3-5,7H,6H2,1-2H3,(H,14,15). The average molecular weight is 236 g/mol. The number of amidine groups is 1. The molecule has 0 bridgehead atoms. The lowest BCUT2D eigenvalue weighted by atomic mass is 10.2. The number of halogens is 1. The van der Waals surface area contributed by atoms with E-state index in [-0.39, 0.29) is 12.6 Å². The molecule has 5 heteroatoms. The Balaban J connectivity index is 2.16. The molecule has 0 radical (unpaired) electrons. The molecule has 1 aromatic carbocycles. The largest absolute Gasteiger partial charge is 0.493 e. The van der Waals surface area contributed by atoms with E-state index in [1.165, 1.54) is 6.08 Å². The molecule has 0 atom stereocenters. The highest BCUT2D eigenvalue weighted by Crippen LogP contribution is 2.28. The molecule has 0 aliphatic carbocycles. The number of aryl methyl sites for hydroxylation is 1. The molecule has 90 valence electrons. The molecule has 2 rings (SSSR count). The first-order chi connectivity index (χ1) is 8.19. The van der Waals surface area contributed by atoms with Gasteiger partial charge in [0.2, 0.25) is 0 Å². The Morgan fingerprint density at radius 2 is 2.18 bits per heavy atom. The normalized spacial score (nSPS) is 14.5. The van der Waals surface area contributed by atoms with E-state index in [9.17, 15) is 4.39 Å². The van der Waals surface area contributed by atoms with Crippen molar-refractivity contribution >= 4 is 6.02 Å². The van der Waals surface area contributed by atoms with Crippen LogP contribution in [0.25, 0.3) is 0 Å². The average Bonchev–Trinajstić information content (AvgIpc) is 2.31. The highest BCUT2D eigenvalue weighted by molar-refractivity contribution is 5.79. The molecule has 17 heavy (non-hydrogen) atoms. The Morgan fingerprint density at radius 3 is 2.88 bits per heavy atom. The van der Waals surface area contributed by atoms with E-state index in [1.54, 1.807) is 13.2 Å². The van der Waals surface area contributed by atoms with Gasteiger partial charge in [0.05, 0.1) is 13.7 Å². The summed E-state index contributed by atoms with van der Waals surface area (Å²) in [6, 6.07) is 5.61. The van der Waals surface area contributed by atoms with Gasteiger partial charge in [0.25, 0.3) is 6.02 Å². The van der Waals surface area contributed by atoms with Gasteiger partial charge in [0, 0.05) is 0 Å². The molecule has 1 aromatic rings. The summed E-state index contributed by atoms with van der Waals surface area (Å²) in [5.74, 6) is 0.629. The zero-order valence-corrected chi connectivity index (χ0v) is 9.66. The van der Waals surface area contributed by atoms with E-state index in [4.69, 9.17) is 9.47 Å². The van der Waals surface area contributed by atoms with Crippen molar-refractivity contribution in [2.24, 2.45) is 4.99 Å². The minimum absolute atomic E-state index is 0.132. The van der Waals surface area contributed by atoms with Gasteiger partial charge in [-0.2, -0.15) is 4.39 Å². The number of methoxy groups -OCH3 is 1. The molecule has 0 saturated carbocycles. The number of nitrogens with one attached hydrogen (secondary N) is 1. The first kappa shape index (κ1) is 11.4. The molecule has 1 heterocycles. The van der Waals surface area contributed by atoms with Crippen LogP contribution < -0.4 is 14.8 Å². The highest BCUT2D eigenvalue weighted by atomic mass is 19.1. The fourth-order valence-electron chi connectivity index (χ4n) is 1.42. The van der Waals surface area contributed by atoms with Crippen LogP contribution >= 0.6 is 0 Å². The third kappa shape index (κ3) is 2.75. The number of hydrogen-bond donors (Lipinski definition) is 1. The lowest BCUT2D eigenvalue weighted by Crippen LogP contribution is -2.29. The SMILES string of the molecule is COc1cc(C)ccc1OC1=NCC=C(F)N1. The zero-order chi connectivity index (χ0) is 12.3. The maximum Gasteiger partial charge on any atom is 0.296 e. The van der Waals surface area contributed by atoms with Crippen molar-refractivity contribution in [1.82, 2.24) is 5.32 Å². The van der Waals surface area contributed by atoms with Crippen LogP contribution in [0.5, 0.6) is 11.5 Å². The van der Waals surface area contributed by atoms with Gasteiger partial charge in [0.1, 0.15) is 0 Å². The molecular formula is C12H13FN2O2. The fourth-order valence-corrected chi connectivity index (χ4v) is 1.42. The highest BCUT2D eigenvalue weighted by Gasteiger charge is 2.12. The summed E-state index contributed by atoms with van der Waals surface area (Å²) < 4.78 is 23.6. The van der Waals surface area contributed by atoms with E-state index in [2.05, 4.69) is 10.3 Å². The van der Waals surface area contributed by atoms with Gasteiger partial charge in [-0.1, -0.05) is 6.07 Å². The van der Waals surface area contributed by atoms with Crippen LogP contribution in [-0.4, -0.2) is 19.7 Å². The van der Waals surface area contributed by atoms with Gasteiger partial charge in [-0.25, -0.2) is 4.99 Å². The third-order valence-electron chi connectivity index (χ3n) is 2.26. The van der Waals surface area contributed by atoms with Crippen LogP contribution in [0.15, 0.2) is 35.2 Å². The van der Waals surface area contributed by atoms with Gasteiger partial charge in [-0.15, -0.1) is 0 Å². The summed E-state index contributed by atoms with van der Waals surface area (Å²) in [4.78, 5) is 3.98. The number of hydrogen-bond acceptors (Lipinski definition) is 4. The molecule has 0 unspecified atom stereocenters. The van der Waals surface area contributed by atoms with E-state index in [1.807, 2.05) is 19.1 Å². The number of ether oxygens (including phenoxy) is 2. The Hall–Kier alpha value is -2.04. The summed E-state index contributed by atoms with van der Waals surface area (Å²) in [6.07, 6.45) is 1.33. The second-order valence-electron chi connectivity index (χ2n) is 3.58. The van der Waals surface area contributed by atoms with Gasteiger partial charge in [0.15, 0.2) is 17.4 Å². The first-order valence-corrected chi connectivity index (χ1v) is 5.18. The molecule has 0 saturated heterocycles. The topological polar surface area (TPSA) is 42.9 Å². The Labute approximate surface area is 98.8 Å². The van der Waals surface area contributed by atoms with Gasteiger partial charge >= 0.3 is 0 Å². The molecule has 0 fully saturated rings. The van der Waals surface area contributed by atoms with Crippen LogP contribution in [0, 0.1) is 6.92 Å². The first-order valence-electron chi connectivity index (χ1n) is 5.18. The number of rotatable bonds is 2. The minimum atomic E-state index is -0.457. The van der Waals surface area contributed by atoms with E-state index in [0.717, 1.165) is 5.56 Å². The smallest absolute Gasteiger partial charge is 0.296 e. The Bertz CT molecular complexity index is 483. The second kappa shape index (κ2) is 4.86. The predicted molar refractivity (Wildman–Crippen MR) is 63.0 cm³/mol. The van der Waals surface area contributed by atoms with Crippen molar-refractivity contribution in [3.05, 3.63) is 35.8 Å². The Morgan fingerprint density at radius 1 is 1.35 bits per heavy atom. The zero-order valence-electron chi connectivity index (χ0n) is 9.66. The van der Waals surface area contributed by atoms with Crippen molar-refractivity contribution in [1.29, 1.82) is 0 Å². The number of nitrogens with zero attached hydrogens (tertiary/aromatic N) is 1. The molecule has 4 nitrogen and oxygen atoms in total. The number of aliphatic imine (C=N–C) groups is 1. The van der Waals surface area contributed by atoms with E-state index >= 15 is 0 Å². The monoisotopic (exact) mass is 236 g/mol. The van der Waals surface area contributed by atoms with Crippen molar-refractivity contribution in [2.75, 3.05) is 13.7 Å². The quantitative estimate of drug-likeness (QED) is 0.800. The van der Waals surface area contributed by atoms with Crippen LogP contribution in [-0.2, 0) is 0 Å². The lowest BCUT2D eigenvalue weighted by molar-refractivity contribution is 0.385. The predicted octanol–water partition coefficient (Wildman–Crippen LogP) is 2.15. The van der Waals surface area contributed by atoms with Gasteiger partial charge in [-0.05, 0) is 30.7 Å². The van der Waals surface area contributed by atoms with E-state index < -0.39 is 5.95 Å².